The number of carbonyl (C=O) groups excluding carboxylic acids is 1. The number of ether oxygens (including phenoxy) is 1. The van der Waals surface area contributed by atoms with E-state index in [1.807, 2.05) is 18.2 Å². The first-order valence-electron chi connectivity index (χ1n) is 9.05. The van der Waals surface area contributed by atoms with E-state index in [0.717, 1.165) is 17.9 Å². The third-order valence-corrected chi connectivity index (χ3v) is 5.11. The van der Waals surface area contributed by atoms with Crippen LogP contribution in [0, 0.1) is 0 Å². The number of methoxy groups -OCH3 is 1. The SMILES string of the molecule is COc1ccc(Cl)cc1NC(=O)c1ccnc(N2c3ccccc3CC2C)c1. The standard InChI is InChI=1S/C22H20ClN3O2/c1-14-11-15-5-3-4-6-19(15)26(14)21-12-16(9-10-24-21)22(27)25-18-13-17(23)7-8-20(18)28-2/h3-10,12-14H,11H2,1-2H3,(H,25,27). The molecule has 0 saturated carbocycles. The summed E-state index contributed by atoms with van der Waals surface area (Å²) >= 11 is 6.05. The first-order chi connectivity index (χ1) is 13.6. The van der Waals surface area contributed by atoms with E-state index in [0.29, 0.717) is 22.0 Å². The summed E-state index contributed by atoms with van der Waals surface area (Å²) in [6.45, 7) is 2.16. The summed E-state index contributed by atoms with van der Waals surface area (Å²) < 4.78 is 5.30. The highest BCUT2D eigenvalue weighted by Gasteiger charge is 2.28. The summed E-state index contributed by atoms with van der Waals surface area (Å²) in [4.78, 5) is 19.5. The number of nitrogens with zero attached hydrogens (tertiary/aromatic N) is 2. The number of aromatic nitrogens is 1. The summed E-state index contributed by atoms with van der Waals surface area (Å²) in [7, 11) is 1.55. The number of anilines is 3. The van der Waals surface area contributed by atoms with E-state index < -0.39 is 0 Å². The number of halogens is 1. The average Bonchev–Trinajstić information content (AvgIpc) is 3.04. The zero-order valence-electron chi connectivity index (χ0n) is 15.6. The highest BCUT2D eigenvalue weighted by Crippen LogP contribution is 2.37. The smallest absolute Gasteiger partial charge is 0.255 e. The molecule has 1 aliphatic heterocycles. The monoisotopic (exact) mass is 393 g/mol. The molecule has 4 rings (SSSR count). The number of pyridine rings is 1. The Hall–Kier alpha value is -3.05. The second kappa shape index (κ2) is 7.52. The van der Waals surface area contributed by atoms with Crippen LogP contribution in [0.5, 0.6) is 5.75 Å². The number of rotatable bonds is 4. The Morgan fingerprint density at radius 3 is 2.86 bits per heavy atom. The third kappa shape index (κ3) is 3.41. The normalized spacial score (nSPS) is 15.2. The van der Waals surface area contributed by atoms with Gasteiger partial charge in [-0.25, -0.2) is 4.98 Å². The molecule has 1 unspecified atom stereocenters. The van der Waals surface area contributed by atoms with E-state index in [4.69, 9.17) is 16.3 Å². The van der Waals surface area contributed by atoms with Crippen molar-refractivity contribution < 1.29 is 9.53 Å². The predicted molar refractivity (Wildman–Crippen MR) is 112 cm³/mol. The number of fused-ring (bicyclic) bond motifs is 1. The van der Waals surface area contributed by atoms with Crippen molar-refractivity contribution >= 4 is 34.7 Å². The minimum atomic E-state index is -0.246. The largest absolute Gasteiger partial charge is 0.495 e. The number of hydrogen-bond donors (Lipinski definition) is 1. The Morgan fingerprint density at radius 2 is 2.04 bits per heavy atom. The highest BCUT2D eigenvalue weighted by atomic mass is 35.5. The maximum Gasteiger partial charge on any atom is 0.255 e. The van der Waals surface area contributed by atoms with Crippen LogP contribution in [0.4, 0.5) is 17.2 Å². The lowest BCUT2D eigenvalue weighted by Crippen LogP contribution is -2.25. The molecule has 0 fully saturated rings. The number of hydrogen-bond acceptors (Lipinski definition) is 4. The van der Waals surface area contributed by atoms with Gasteiger partial charge in [-0.2, -0.15) is 0 Å². The summed E-state index contributed by atoms with van der Waals surface area (Å²) in [5.74, 6) is 1.06. The summed E-state index contributed by atoms with van der Waals surface area (Å²) in [5, 5.41) is 3.39. The molecule has 28 heavy (non-hydrogen) atoms. The lowest BCUT2D eigenvalue weighted by molar-refractivity contribution is 0.102. The minimum Gasteiger partial charge on any atom is -0.495 e. The van der Waals surface area contributed by atoms with Crippen LogP contribution in [0.1, 0.15) is 22.8 Å². The fourth-order valence-corrected chi connectivity index (χ4v) is 3.75. The van der Waals surface area contributed by atoms with Gasteiger partial charge in [-0.05, 0) is 55.3 Å². The van der Waals surface area contributed by atoms with Gasteiger partial charge in [-0.1, -0.05) is 29.8 Å². The number of para-hydroxylation sites is 1. The average molecular weight is 394 g/mol. The molecular formula is C22H20ClN3O2. The Kier molecular flexibility index (Phi) is 4.92. The number of nitrogens with one attached hydrogen (secondary N) is 1. The van der Waals surface area contributed by atoms with Crippen LogP contribution >= 0.6 is 11.6 Å². The topological polar surface area (TPSA) is 54.5 Å². The number of benzene rings is 2. The van der Waals surface area contributed by atoms with Crippen LogP contribution < -0.4 is 15.0 Å². The van der Waals surface area contributed by atoms with Crippen LogP contribution in [-0.2, 0) is 6.42 Å². The van der Waals surface area contributed by atoms with Crippen molar-refractivity contribution in [3.8, 4) is 5.75 Å². The van der Waals surface area contributed by atoms with Crippen molar-refractivity contribution in [1.29, 1.82) is 0 Å². The van der Waals surface area contributed by atoms with Gasteiger partial charge in [-0.15, -0.1) is 0 Å². The van der Waals surface area contributed by atoms with Crippen molar-refractivity contribution in [3.05, 3.63) is 76.9 Å². The van der Waals surface area contributed by atoms with Gasteiger partial charge in [0.05, 0.1) is 12.8 Å². The van der Waals surface area contributed by atoms with Gasteiger partial charge in [0, 0.05) is 28.5 Å². The van der Waals surface area contributed by atoms with E-state index in [1.54, 1.807) is 37.6 Å². The lowest BCUT2D eigenvalue weighted by atomic mass is 10.1. The molecule has 1 aromatic heterocycles. The Bertz CT molecular complexity index is 1040. The second-order valence-electron chi connectivity index (χ2n) is 6.75. The Morgan fingerprint density at radius 1 is 1.21 bits per heavy atom. The van der Waals surface area contributed by atoms with E-state index in [1.165, 1.54) is 5.56 Å². The van der Waals surface area contributed by atoms with Gasteiger partial charge < -0.3 is 15.0 Å². The van der Waals surface area contributed by atoms with Crippen molar-refractivity contribution in [3.63, 3.8) is 0 Å². The van der Waals surface area contributed by atoms with Gasteiger partial charge in [0.1, 0.15) is 11.6 Å². The fourth-order valence-electron chi connectivity index (χ4n) is 3.58. The zero-order chi connectivity index (χ0) is 19.7. The van der Waals surface area contributed by atoms with Crippen molar-refractivity contribution in [2.45, 2.75) is 19.4 Å². The molecule has 1 amide bonds. The quantitative estimate of drug-likeness (QED) is 0.671. The Labute approximate surface area is 168 Å². The molecule has 0 spiro atoms. The lowest BCUT2D eigenvalue weighted by Gasteiger charge is -2.24. The van der Waals surface area contributed by atoms with Gasteiger partial charge in [-0.3, -0.25) is 4.79 Å². The predicted octanol–water partition coefficient (Wildman–Crippen LogP) is 5.08. The molecule has 2 aromatic carbocycles. The molecule has 3 aromatic rings. The van der Waals surface area contributed by atoms with Gasteiger partial charge >= 0.3 is 0 Å². The van der Waals surface area contributed by atoms with Crippen LogP contribution in [0.3, 0.4) is 0 Å². The molecule has 0 bridgehead atoms. The third-order valence-electron chi connectivity index (χ3n) is 4.87. The summed E-state index contributed by atoms with van der Waals surface area (Å²) in [5.41, 5.74) is 3.47. The van der Waals surface area contributed by atoms with Crippen molar-refractivity contribution in [2.24, 2.45) is 0 Å². The molecule has 1 atom stereocenters. The molecule has 5 nitrogen and oxygen atoms in total. The highest BCUT2D eigenvalue weighted by molar-refractivity contribution is 6.31. The first kappa shape index (κ1) is 18.3. The Balaban J connectivity index is 1.63. The maximum atomic E-state index is 12.8. The summed E-state index contributed by atoms with van der Waals surface area (Å²) in [6.07, 6.45) is 2.61. The molecular weight excluding hydrogens is 374 g/mol. The van der Waals surface area contributed by atoms with Gasteiger partial charge in [0.15, 0.2) is 0 Å². The van der Waals surface area contributed by atoms with E-state index in [2.05, 4.69) is 34.3 Å². The molecule has 0 radical (unpaired) electrons. The summed E-state index contributed by atoms with van der Waals surface area (Å²) in [6, 6.07) is 17.2. The molecule has 0 saturated heterocycles. The van der Waals surface area contributed by atoms with E-state index >= 15 is 0 Å². The van der Waals surface area contributed by atoms with E-state index in [-0.39, 0.29) is 11.9 Å². The van der Waals surface area contributed by atoms with Gasteiger partial charge in [0.2, 0.25) is 0 Å². The molecule has 6 heteroatoms. The van der Waals surface area contributed by atoms with Crippen molar-refractivity contribution in [2.75, 3.05) is 17.3 Å². The number of carbonyl (C=O) groups is 1. The first-order valence-corrected chi connectivity index (χ1v) is 9.42. The zero-order valence-corrected chi connectivity index (χ0v) is 16.4. The van der Waals surface area contributed by atoms with Crippen LogP contribution in [-0.4, -0.2) is 24.0 Å². The molecule has 0 aliphatic carbocycles. The van der Waals surface area contributed by atoms with Gasteiger partial charge in [0.25, 0.3) is 5.91 Å². The van der Waals surface area contributed by atoms with Crippen LogP contribution in [0.2, 0.25) is 5.02 Å². The van der Waals surface area contributed by atoms with E-state index in [9.17, 15) is 4.79 Å². The second-order valence-corrected chi connectivity index (χ2v) is 7.19. The number of amides is 1. The fraction of sp³-hybridized carbons (Fsp3) is 0.182. The molecule has 2 heterocycles. The molecule has 1 aliphatic rings. The maximum absolute atomic E-state index is 12.8. The van der Waals surface area contributed by atoms with Crippen LogP contribution in [0.25, 0.3) is 0 Å². The molecule has 142 valence electrons. The minimum absolute atomic E-state index is 0.246. The molecule has 1 N–H and O–H groups in total. The van der Waals surface area contributed by atoms with Crippen molar-refractivity contribution in [1.82, 2.24) is 4.98 Å². The van der Waals surface area contributed by atoms with Crippen LogP contribution in [0.15, 0.2) is 60.8 Å².